The minimum Gasteiger partial charge on any atom is -0.289 e. The molecule has 9 rings (SSSR count). The summed E-state index contributed by atoms with van der Waals surface area (Å²) in [6, 6.07) is 44.5. The van der Waals surface area contributed by atoms with E-state index in [-0.39, 0.29) is 0 Å². The second-order valence-electron chi connectivity index (χ2n) is 9.93. The third-order valence-corrected chi connectivity index (χ3v) is 7.83. The highest BCUT2D eigenvalue weighted by Gasteiger charge is 2.24. The molecule has 0 spiro atoms. The van der Waals surface area contributed by atoms with E-state index in [9.17, 15) is 0 Å². The van der Waals surface area contributed by atoms with Crippen molar-refractivity contribution in [2.45, 2.75) is 0 Å². The molecular formula is C34H21N5. The van der Waals surface area contributed by atoms with Gasteiger partial charge in [0.15, 0.2) is 5.65 Å². The number of hydrogen-bond acceptors (Lipinski definition) is 2. The van der Waals surface area contributed by atoms with E-state index >= 15 is 0 Å². The molecule has 0 saturated carbocycles. The van der Waals surface area contributed by atoms with E-state index in [0.29, 0.717) is 0 Å². The Morgan fingerprint density at radius 2 is 1.03 bits per heavy atom. The van der Waals surface area contributed by atoms with Gasteiger partial charge in [-0.15, -0.1) is 0 Å². The van der Waals surface area contributed by atoms with Gasteiger partial charge in [0.1, 0.15) is 11.2 Å². The zero-order valence-electron chi connectivity index (χ0n) is 20.9. The maximum absolute atomic E-state index is 5.38. The summed E-state index contributed by atoms with van der Waals surface area (Å²) in [5.74, 6) is 0.825. The molecule has 0 N–H and O–H groups in total. The minimum absolute atomic E-state index is 0.825. The van der Waals surface area contributed by atoms with Gasteiger partial charge >= 0.3 is 0 Å². The Kier molecular flexibility index (Phi) is 3.99. The molecule has 5 aromatic carbocycles. The van der Waals surface area contributed by atoms with Crippen LogP contribution in [0.5, 0.6) is 0 Å². The van der Waals surface area contributed by atoms with E-state index in [0.717, 1.165) is 61.3 Å². The second-order valence-corrected chi connectivity index (χ2v) is 9.93. The van der Waals surface area contributed by atoms with E-state index in [1.165, 1.54) is 10.8 Å². The van der Waals surface area contributed by atoms with Gasteiger partial charge in [0.2, 0.25) is 5.95 Å². The average Bonchev–Trinajstić information content (AvgIpc) is 3.67. The topological polar surface area (TPSA) is 40.0 Å². The first-order valence-corrected chi connectivity index (χ1v) is 13.1. The highest BCUT2D eigenvalue weighted by Crippen LogP contribution is 2.38. The number of fused-ring (bicyclic) bond motifs is 11. The van der Waals surface area contributed by atoms with Crippen molar-refractivity contribution in [1.29, 1.82) is 0 Å². The Morgan fingerprint density at radius 3 is 1.85 bits per heavy atom. The molecule has 0 unspecified atom stereocenters. The Balaban J connectivity index is 1.54. The quantitative estimate of drug-likeness (QED) is 0.226. The molecule has 0 amide bonds. The first-order chi connectivity index (χ1) is 19.4. The molecule has 0 atom stereocenters. The van der Waals surface area contributed by atoms with Gasteiger partial charge in [-0.05, 0) is 41.8 Å². The van der Waals surface area contributed by atoms with Crippen molar-refractivity contribution >= 4 is 60.4 Å². The molecule has 0 bridgehead atoms. The number of benzene rings is 5. The Morgan fingerprint density at radius 1 is 0.410 bits per heavy atom. The van der Waals surface area contributed by atoms with Crippen molar-refractivity contribution in [3.05, 3.63) is 127 Å². The van der Waals surface area contributed by atoms with E-state index in [4.69, 9.17) is 9.97 Å². The van der Waals surface area contributed by atoms with Gasteiger partial charge in [0.25, 0.3) is 0 Å². The Bertz CT molecular complexity index is 2390. The fourth-order valence-corrected chi connectivity index (χ4v) is 6.21. The summed E-state index contributed by atoms with van der Waals surface area (Å²) in [6.07, 6.45) is 0. The van der Waals surface area contributed by atoms with Gasteiger partial charge in [-0.1, -0.05) is 91.0 Å². The lowest BCUT2D eigenvalue weighted by atomic mass is 10.1. The molecule has 4 heterocycles. The second kappa shape index (κ2) is 7.55. The van der Waals surface area contributed by atoms with Gasteiger partial charge in [-0.25, -0.2) is 9.97 Å². The summed E-state index contributed by atoms with van der Waals surface area (Å²) in [7, 11) is 0. The van der Waals surface area contributed by atoms with Crippen molar-refractivity contribution in [2.24, 2.45) is 0 Å². The van der Waals surface area contributed by atoms with Gasteiger partial charge < -0.3 is 0 Å². The molecule has 5 nitrogen and oxygen atoms in total. The summed E-state index contributed by atoms with van der Waals surface area (Å²) in [5.41, 5.74) is 8.23. The Labute approximate surface area is 222 Å². The van der Waals surface area contributed by atoms with Crippen LogP contribution in [0, 0.1) is 0 Å². The van der Waals surface area contributed by atoms with Crippen LogP contribution in [-0.2, 0) is 0 Å². The molecule has 0 saturated heterocycles. The number of hydrogen-bond donors (Lipinski definition) is 0. The number of para-hydroxylation sites is 5. The van der Waals surface area contributed by atoms with Crippen molar-refractivity contribution < 1.29 is 0 Å². The lowest BCUT2D eigenvalue weighted by Gasteiger charge is -2.11. The zero-order chi connectivity index (χ0) is 25.5. The minimum atomic E-state index is 0.825. The van der Waals surface area contributed by atoms with Gasteiger partial charge in [0.05, 0.1) is 22.1 Å². The van der Waals surface area contributed by atoms with Crippen LogP contribution in [0.25, 0.3) is 72.1 Å². The molecule has 0 aliphatic carbocycles. The smallest absolute Gasteiger partial charge is 0.221 e. The normalized spacial score (nSPS) is 12.1. The highest BCUT2D eigenvalue weighted by atomic mass is 15.3. The number of imidazole rings is 2. The first kappa shape index (κ1) is 20.6. The van der Waals surface area contributed by atoms with Crippen LogP contribution < -0.4 is 0 Å². The number of nitrogens with zero attached hydrogens (tertiary/aromatic N) is 5. The van der Waals surface area contributed by atoms with E-state index in [1.54, 1.807) is 0 Å². The predicted molar refractivity (Wildman–Crippen MR) is 159 cm³/mol. The van der Waals surface area contributed by atoms with Crippen LogP contribution >= 0.6 is 0 Å². The first-order valence-electron chi connectivity index (χ1n) is 13.1. The summed E-state index contributed by atoms with van der Waals surface area (Å²) >= 11 is 0. The summed E-state index contributed by atoms with van der Waals surface area (Å²) < 4.78 is 6.80. The van der Waals surface area contributed by atoms with E-state index in [2.05, 4.69) is 129 Å². The zero-order valence-corrected chi connectivity index (χ0v) is 20.9. The van der Waals surface area contributed by atoms with Crippen LogP contribution in [0.3, 0.4) is 0 Å². The molecule has 0 fully saturated rings. The largest absolute Gasteiger partial charge is 0.289 e. The molecule has 0 aliphatic heterocycles. The fraction of sp³-hybridized carbons (Fsp3) is 0. The van der Waals surface area contributed by atoms with Crippen molar-refractivity contribution in [1.82, 2.24) is 23.5 Å². The molecule has 182 valence electrons. The Hall–Kier alpha value is -5.42. The van der Waals surface area contributed by atoms with E-state index in [1.807, 2.05) is 12.1 Å². The monoisotopic (exact) mass is 499 g/mol. The van der Waals surface area contributed by atoms with Crippen LogP contribution in [0.2, 0.25) is 0 Å². The average molecular weight is 500 g/mol. The number of aromatic nitrogens is 5. The van der Waals surface area contributed by atoms with Gasteiger partial charge in [-0.2, -0.15) is 0 Å². The maximum atomic E-state index is 5.38. The van der Waals surface area contributed by atoms with Crippen LogP contribution in [-0.4, -0.2) is 23.5 Å². The van der Waals surface area contributed by atoms with Crippen molar-refractivity contribution in [3.63, 3.8) is 0 Å². The molecular weight excluding hydrogens is 478 g/mol. The molecule has 4 aromatic heterocycles. The SMILES string of the molecule is c1ccc(-n2c(-n3c4ccccc4c4c3nc3c5ccccc5c5ccccc5n34)nc3ccccc32)cc1. The highest BCUT2D eigenvalue weighted by molar-refractivity contribution is 6.17. The van der Waals surface area contributed by atoms with Crippen LogP contribution in [0.1, 0.15) is 0 Å². The molecule has 9 aromatic rings. The lowest BCUT2D eigenvalue weighted by Crippen LogP contribution is -2.05. The summed E-state index contributed by atoms with van der Waals surface area (Å²) in [6.45, 7) is 0. The third kappa shape index (κ3) is 2.68. The van der Waals surface area contributed by atoms with Crippen molar-refractivity contribution in [2.75, 3.05) is 0 Å². The molecule has 0 radical (unpaired) electrons. The summed E-state index contributed by atoms with van der Waals surface area (Å²) in [4.78, 5) is 10.6. The van der Waals surface area contributed by atoms with Gasteiger partial charge in [-0.3, -0.25) is 13.5 Å². The van der Waals surface area contributed by atoms with Gasteiger partial charge in [0, 0.05) is 21.8 Å². The fourth-order valence-electron chi connectivity index (χ4n) is 6.21. The molecule has 0 aliphatic rings. The van der Waals surface area contributed by atoms with Crippen molar-refractivity contribution in [3.8, 4) is 11.6 Å². The standard InChI is InChI=1S/C34H21N5/c1-2-12-22(13-3-1)37-30-21-11-8-18-27(30)35-34(37)39-29-20-10-7-17-26(29)31-33(39)36-32-25-16-5-4-14-23(25)24-15-6-9-19-28(24)38(31)32/h1-21H. The molecule has 5 heteroatoms. The molecule has 39 heavy (non-hydrogen) atoms. The third-order valence-electron chi connectivity index (χ3n) is 7.83. The number of pyridine rings is 1. The number of rotatable bonds is 2. The predicted octanol–water partition coefficient (Wildman–Crippen LogP) is 8.08. The van der Waals surface area contributed by atoms with E-state index < -0.39 is 0 Å². The summed E-state index contributed by atoms with van der Waals surface area (Å²) in [5, 5.41) is 4.71. The lowest BCUT2D eigenvalue weighted by molar-refractivity contribution is 0.948. The van der Waals surface area contributed by atoms with Crippen LogP contribution in [0.4, 0.5) is 0 Å². The van der Waals surface area contributed by atoms with Crippen LogP contribution in [0.15, 0.2) is 127 Å². The maximum Gasteiger partial charge on any atom is 0.221 e.